The number of aromatic nitrogens is 1. The Morgan fingerprint density at radius 1 is 1.29 bits per heavy atom. The van der Waals surface area contributed by atoms with Crippen LogP contribution in [0.2, 0.25) is 0 Å². The molecule has 2 aromatic rings. The topological polar surface area (TPSA) is 74.7 Å². The minimum atomic E-state index is -0.545. The second-order valence-electron chi connectivity index (χ2n) is 7.09. The van der Waals surface area contributed by atoms with E-state index in [1.54, 1.807) is 23.2 Å². The number of carbonyl (C=O) groups is 1. The molecule has 28 heavy (non-hydrogen) atoms. The van der Waals surface area contributed by atoms with Crippen LogP contribution in [0.15, 0.2) is 54.7 Å². The fourth-order valence-electron chi connectivity index (χ4n) is 3.61. The number of anilines is 1. The summed E-state index contributed by atoms with van der Waals surface area (Å²) in [4.78, 5) is 18.3. The molecule has 6 nitrogen and oxygen atoms in total. The van der Waals surface area contributed by atoms with E-state index in [4.69, 9.17) is 4.74 Å². The number of nitrogens with one attached hydrogen (secondary N) is 1. The van der Waals surface area contributed by atoms with E-state index in [9.17, 15) is 14.3 Å². The number of aliphatic hydroxyl groups is 1. The standard InChI is InChI=1S/C21H22FN3O3/c22-15-11-23-10-9-14(15)12-25-13-20(28-19-8-4-2-6-17(19)25)21(27)24-16-5-1-3-7-18(16)26/h2,4,6,8-11,13,16,18,26H,1,3,5,7,12H2,(H,24,27)/t16-,18-/m0/s1. The second-order valence-corrected chi connectivity index (χ2v) is 7.09. The number of nitrogens with zero attached hydrogens (tertiary/aromatic N) is 2. The third kappa shape index (κ3) is 3.84. The molecule has 146 valence electrons. The van der Waals surface area contributed by atoms with Crippen LogP contribution in [0.1, 0.15) is 31.2 Å². The van der Waals surface area contributed by atoms with Crippen molar-refractivity contribution in [3.05, 3.63) is 66.1 Å². The smallest absolute Gasteiger partial charge is 0.288 e. The number of carbonyl (C=O) groups excluding carboxylic acids is 1. The van der Waals surface area contributed by atoms with E-state index in [1.165, 1.54) is 12.4 Å². The van der Waals surface area contributed by atoms with Crippen molar-refractivity contribution >= 4 is 11.6 Å². The van der Waals surface area contributed by atoms with Gasteiger partial charge in [0.2, 0.25) is 5.76 Å². The van der Waals surface area contributed by atoms with Crippen molar-refractivity contribution in [3.8, 4) is 5.75 Å². The number of rotatable bonds is 4. The highest BCUT2D eigenvalue weighted by Gasteiger charge is 2.29. The van der Waals surface area contributed by atoms with E-state index < -0.39 is 11.9 Å². The highest BCUT2D eigenvalue weighted by atomic mass is 19.1. The van der Waals surface area contributed by atoms with Crippen molar-refractivity contribution in [1.82, 2.24) is 10.3 Å². The molecule has 2 N–H and O–H groups in total. The Bertz CT molecular complexity index is 902. The van der Waals surface area contributed by atoms with Gasteiger partial charge < -0.3 is 20.1 Å². The van der Waals surface area contributed by atoms with Crippen molar-refractivity contribution in [2.45, 2.75) is 44.4 Å². The lowest BCUT2D eigenvalue weighted by Crippen LogP contribution is -2.46. The molecule has 1 fully saturated rings. The number of fused-ring (bicyclic) bond motifs is 1. The summed E-state index contributed by atoms with van der Waals surface area (Å²) in [6.45, 7) is 0.234. The van der Waals surface area contributed by atoms with E-state index in [2.05, 4.69) is 10.3 Å². The summed E-state index contributed by atoms with van der Waals surface area (Å²) in [6.07, 6.45) is 7.09. The maximum absolute atomic E-state index is 14.1. The number of aliphatic hydroxyl groups excluding tert-OH is 1. The molecule has 0 bridgehead atoms. The highest BCUT2D eigenvalue weighted by molar-refractivity contribution is 5.93. The fraction of sp³-hybridized carbons (Fsp3) is 0.333. The molecule has 1 aliphatic heterocycles. The molecule has 0 spiro atoms. The van der Waals surface area contributed by atoms with Gasteiger partial charge in [-0.15, -0.1) is 0 Å². The summed E-state index contributed by atoms with van der Waals surface area (Å²) >= 11 is 0. The first kappa shape index (κ1) is 18.4. The maximum atomic E-state index is 14.1. The molecule has 1 amide bonds. The molecular weight excluding hydrogens is 361 g/mol. The molecule has 1 aliphatic carbocycles. The molecule has 2 atom stereocenters. The van der Waals surface area contributed by atoms with Gasteiger partial charge in [-0.1, -0.05) is 25.0 Å². The van der Waals surface area contributed by atoms with Crippen molar-refractivity contribution in [2.75, 3.05) is 4.90 Å². The van der Waals surface area contributed by atoms with E-state index >= 15 is 0 Å². The van der Waals surface area contributed by atoms with Gasteiger partial charge in [-0.3, -0.25) is 9.78 Å². The number of amides is 1. The van der Waals surface area contributed by atoms with E-state index in [0.717, 1.165) is 24.9 Å². The summed E-state index contributed by atoms with van der Waals surface area (Å²) < 4.78 is 19.9. The molecule has 0 radical (unpaired) electrons. The van der Waals surface area contributed by atoms with Crippen LogP contribution >= 0.6 is 0 Å². The van der Waals surface area contributed by atoms with Crippen LogP contribution in [0.25, 0.3) is 0 Å². The SMILES string of the molecule is O=C(N[C@H]1CCCC[C@@H]1O)C1=CN(Cc2ccncc2F)c2ccccc2O1. The minimum Gasteiger partial charge on any atom is -0.448 e. The minimum absolute atomic E-state index is 0.117. The van der Waals surface area contributed by atoms with Gasteiger partial charge in [-0.2, -0.15) is 0 Å². The Hall–Kier alpha value is -2.93. The van der Waals surface area contributed by atoms with Gasteiger partial charge >= 0.3 is 0 Å². The van der Waals surface area contributed by atoms with E-state index in [1.807, 2.05) is 18.2 Å². The summed E-state index contributed by atoms with van der Waals surface area (Å²) in [5.41, 5.74) is 1.21. The molecule has 1 saturated carbocycles. The monoisotopic (exact) mass is 383 g/mol. The highest BCUT2D eigenvalue weighted by Crippen LogP contribution is 2.35. The lowest BCUT2D eigenvalue weighted by atomic mass is 9.92. The van der Waals surface area contributed by atoms with Crippen LogP contribution < -0.4 is 15.0 Å². The zero-order valence-electron chi connectivity index (χ0n) is 15.3. The van der Waals surface area contributed by atoms with Crippen LogP contribution in [0.5, 0.6) is 5.75 Å². The predicted octanol–water partition coefficient (Wildman–Crippen LogP) is 2.88. The Balaban J connectivity index is 1.58. The molecule has 4 rings (SSSR count). The molecule has 2 aliphatic rings. The first-order chi connectivity index (χ1) is 13.6. The van der Waals surface area contributed by atoms with Gasteiger partial charge in [0.05, 0.1) is 36.8 Å². The quantitative estimate of drug-likeness (QED) is 0.849. The number of halogens is 1. The lowest BCUT2D eigenvalue weighted by molar-refractivity contribution is -0.121. The first-order valence-electron chi connectivity index (χ1n) is 9.44. The van der Waals surface area contributed by atoms with Gasteiger partial charge in [0.15, 0.2) is 5.75 Å². The zero-order chi connectivity index (χ0) is 19.5. The molecule has 2 heterocycles. The molecule has 7 heteroatoms. The van der Waals surface area contributed by atoms with Gasteiger partial charge in [-0.05, 0) is 31.0 Å². The molecule has 0 saturated heterocycles. The number of benzene rings is 1. The molecule has 0 unspecified atom stereocenters. The molecule has 1 aromatic carbocycles. The average Bonchev–Trinajstić information content (AvgIpc) is 2.71. The van der Waals surface area contributed by atoms with Crippen LogP contribution in [0.3, 0.4) is 0 Å². The predicted molar refractivity (Wildman–Crippen MR) is 102 cm³/mol. The van der Waals surface area contributed by atoms with Gasteiger partial charge in [-0.25, -0.2) is 4.39 Å². The van der Waals surface area contributed by atoms with Crippen molar-refractivity contribution < 1.29 is 19.0 Å². The Morgan fingerprint density at radius 2 is 2.11 bits per heavy atom. The van der Waals surface area contributed by atoms with Crippen molar-refractivity contribution in [3.63, 3.8) is 0 Å². The third-order valence-corrected chi connectivity index (χ3v) is 5.13. The van der Waals surface area contributed by atoms with Gasteiger partial charge in [0.1, 0.15) is 5.82 Å². The summed E-state index contributed by atoms with van der Waals surface area (Å²) in [6, 6.07) is 8.62. The van der Waals surface area contributed by atoms with Gasteiger partial charge in [0.25, 0.3) is 5.91 Å². The summed E-state index contributed by atoms with van der Waals surface area (Å²) in [5.74, 6) is -0.156. The summed E-state index contributed by atoms with van der Waals surface area (Å²) in [7, 11) is 0. The number of pyridine rings is 1. The van der Waals surface area contributed by atoms with Crippen LogP contribution in [0, 0.1) is 5.82 Å². The van der Waals surface area contributed by atoms with Gasteiger partial charge in [0, 0.05) is 11.8 Å². The normalized spacial score (nSPS) is 21.4. The van der Waals surface area contributed by atoms with Crippen LogP contribution in [0.4, 0.5) is 10.1 Å². The zero-order valence-corrected chi connectivity index (χ0v) is 15.3. The Labute approximate surface area is 162 Å². The number of hydrogen-bond donors (Lipinski definition) is 2. The second kappa shape index (κ2) is 7.98. The molecule has 1 aromatic heterocycles. The molecular formula is C21H22FN3O3. The third-order valence-electron chi connectivity index (χ3n) is 5.13. The lowest BCUT2D eigenvalue weighted by Gasteiger charge is -2.31. The van der Waals surface area contributed by atoms with E-state index in [-0.39, 0.29) is 24.3 Å². The van der Waals surface area contributed by atoms with Crippen LogP contribution in [-0.4, -0.2) is 28.1 Å². The first-order valence-corrected chi connectivity index (χ1v) is 9.44. The maximum Gasteiger partial charge on any atom is 0.288 e. The van der Waals surface area contributed by atoms with Crippen LogP contribution in [-0.2, 0) is 11.3 Å². The average molecular weight is 383 g/mol. The van der Waals surface area contributed by atoms with Crippen molar-refractivity contribution in [2.24, 2.45) is 0 Å². The number of ether oxygens (including phenoxy) is 1. The summed E-state index contributed by atoms with van der Waals surface area (Å²) in [5, 5.41) is 13.0. The Kier molecular flexibility index (Phi) is 5.25. The van der Waals surface area contributed by atoms with E-state index in [0.29, 0.717) is 17.7 Å². The number of para-hydroxylation sites is 2. The largest absolute Gasteiger partial charge is 0.448 e. The fourth-order valence-corrected chi connectivity index (χ4v) is 3.61. The van der Waals surface area contributed by atoms with Crippen molar-refractivity contribution in [1.29, 1.82) is 0 Å². The number of hydrogen-bond acceptors (Lipinski definition) is 5. The Morgan fingerprint density at radius 3 is 2.93 bits per heavy atom.